The van der Waals surface area contributed by atoms with Gasteiger partial charge in [-0.15, -0.1) is 0 Å². The molecule has 1 aliphatic rings. The second kappa shape index (κ2) is 7.41. The Hall–Kier alpha value is -1.39. The number of hydrogen-bond acceptors (Lipinski definition) is 3. The molecule has 0 spiro atoms. The highest BCUT2D eigenvalue weighted by atomic mass is 16.5. The van der Waals surface area contributed by atoms with E-state index in [1.54, 1.807) is 0 Å². The smallest absolute Gasteiger partial charge is 0.225 e. The lowest BCUT2D eigenvalue weighted by molar-refractivity contribution is -0.116. The fraction of sp³-hybridized carbons (Fsp3) is 0.562. The second-order valence-corrected chi connectivity index (χ2v) is 5.53. The third-order valence-corrected chi connectivity index (χ3v) is 3.62. The second-order valence-electron chi connectivity index (χ2n) is 5.53. The molecule has 1 aromatic carbocycles. The molecule has 110 valence electrons. The van der Waals surface area contributed by atoms with Crippen LogP contribution in [0.15, 0.2) is 24.3 Å². The van der Waals surface area contributed by atoms with Crippen LogP contribution < -0.4 is 5.32 Å². The normalized spacial score (nSPS) is 16.4. The highest BCUT2D eigenvalue weighted by Crippen LogP contribution is 2.17. The Morgan fingerprint density at radius 2 is 1.90 bits per heavy atom. The molecule has 1 saturated heterocycles. The van der Waals surface area contributed by atoms with E-state index in [9.17, 15) is 4.79 Å². The van der Waals surface area contributed by atoms with E-state index >= 15 is 0 Å². The van der Waals surface area contributed by atoms with Crippen LogP contribution in [-0.4, -0.2) is 43.7 Å². The molecule has 4 heteroatoms. The van der Waals surface area contributed by atoms with Gasteiger partial charge in [0, 0.05) is 31.7 Å². The summed E-state index contributed by atoms with van der Waals surface area (Å²) in [6.07, 6.45) is 0.534. The predicted octanol–water partition coefficient (Wildman–Crippen LogP) is 2.47. The predicted molar refractivity (Wildman–Crippen MR) is 81.0 cm³/mol. The molecule has 1 amide bonds. The van der Waals surface area contributed by atoms with Crippen molar-refractivity contribution in [1.29, 1.82) is 0 Å². The zero-order chi connectivity index (χ0) is 14.4. The van der Waals surface area contributed by atoms with Crippen molar-refractivity contribution in [2.24, 2.45) is 0 Å². The molecule has 1 aliphatic heterocycles. The van der Waals surface area contributed by atoms with Gasteiger partial charge in [0.05, 0.1) is 13.2 Å². The Kier molecular flexibility index (Phi) is 5.56. The summed E-state index contributed by atoms with van der Waals surface area (Å²) in [7, 11) is 0. The maximum Gasteiger partial charge on any atom is 0.225 e. The van der Waals surface area contributed by atoms with Crippen LogP contribution in [0.1, 0.15) is 31.7 Å². The topological polar surface area (TPSA) is 41.6 Å². The number of amides is 1. The van der Waals surface area contributed by atoms with Gasteiger partial charge in [0.25, 0.3) is 0 Å². The van der Waals surface area contributed by atoms with Crippen LogP contribution in [0.3, 0.4) is 0 Å². The quantitative estimate of drug-likeness (QED) is 0.898. The van der Waals surface area contributed by atoms with E-state index in [0.717, 1.165) is 38.5 Å². The molecule has 1 fully saturated rings. The molecular formula is C16H24N2O2. The van der Waals surface area contributed by atoms with Crippen molar-refractivity contribution in [3.63, 3.8) is 0 Å². The van der Waals surface area contributed by atoms with E-state index in [2.05, 4.69) is 36.2 Å². The van der Waals surface area contributed by atoms with Crippen LogP contribution >= 0.6 is 0 Å². The number of carbonyl (C=O) groups excluding carboxylic acids is 1. The maximum absolute atomic E-state index is 11.9. The summed E-state index contributed by atoms with van der Waals surface area (Å²) in [5.41, 5.74) is 2.16. The van der Waals surface area contributed by atoms with E-state index in [1.807, 2.05) is 12.1 Å². The van der Waals surface area contributed by atoms with Gasteiger partial charge in [-0.3, -0.25) is 9.69 Å². The summed E-state index contributed by atoms with van der Waals surface area (Å²) in [4.78, 5) is 14.2. The Balaban J connectivity index is 1.75. The van der Waals surface area contributed by atoms with Crippen molar-refractivity contribution >= 4 is 11.6 Å². The lowest BCUT2D eigenvalue weighted by atomic mass is 10.0. The van der Waals surface area contributed by atoms with Crippen LogP contribution in [-0.2, 0) is 9.53 Å². The lowest BCUT2D eigenvalue weighted by Crippen LogP contribution is -2.38. The van der Waals surface area contributed by atoms with Gasteiger partial charge in [0.2, 0.25) is 5.91 Å². The molecular weight excluding hydrogens is 252 g/mol. The molecule has 0 aliphatic carbocycles. The number of nitrogens with one attached hydrogen (secondary N) is 1. The summed E-state index contributed by atoms with van der Waals surface area (Å²) in [6, 6.07) is 8.09. The molecule has 1 N–H and O–H groups in total. The first-order chi connectivity index (χ1) is 9.65. The van der Waals surface area contributed by atoms with Crippen LogP contribution in [0.25, 0.3) is 0 Å². The standard InChI is InChI=1S/C16H24N2O2/c1-13(2)14-3-5-15(6-4-14)17-16(19)7-8-18-9-11-20-12-10-18/h3-6,13H,7-12H2,1-2H3,(H,17,19). The van der Waals surface area contributed by atoms with Gasteiger partial charge in [0.15, 0.2) is 0 Å². The number of rotatable bonds is 5. The molecule has 2 rings (SSSR count). The van der Waals surface area contributed by atoms with E-state index in [1.165, 1.54) is 5.56 Å². The van der Waals surface area contributed by atoms with Crippen molar-refractivity contribution in [2.45, 2.75) is 26.2 Å². The first-order valence-electron chi connectivity index (χ1n) is 7.35. The largest absolute Gasteiger partial charge is 0.379 e. The minimum Gasteiger partial charge on any atom is -0.379 e. The van der Waals surface area contributed by atoms with Gasteiger partial charge in [-0.25, -0.2) is 0 Å². The van der Waals surface area contributed by atoms with E-state index in [-0.39, 0.29) is 5.91 Å². The molecule has 20 heavy (non-hydrogen) atoms. The number of ether oxygens (including phenoxy) is 1. The SMILES string of the molecule is CC(C)c1ccc(NC(=O)CCN2CCOCC2)cc1. The zero-order valence-corrected chi connectivity index (χ0v) is 12.4. The summed E-state index contributed by atoms with van der Waals surface area (Å²) >= 11 is 0. The van der Waals surface area contributed by atoms with Gasteiger partial charge in [0.1, 0.15) is 0 Å². The number of anilines is 1. The average molecular weight is 276 g/mol. The van der Waals surface area contributed by atoms with E-state index < -0.39 is 0 Å². The van der Waals surface area contributed by atoms with Crippen molar-refractivity contribution in [3.8, 4) is 0 Å². The highest BCUT2D eigenvalue weighted by molar-refractivity contribution is 5.90. The van der Waals surface area contributed by atoms with Gasteiger partial charge in [-0.1, -0.05) is 26.0 Å². The lowest BCUT2D eigenvalue weighted by Gasteiger charge is -2.26. The molecule has 0 radical (unpaired) electrons. The fourth-order valence-corrected chi connectivity index (χ4v) is 2.26. The van der Waals surface area contributed by atoms with Crippen LogP contribution in [0, 0.1) is 0 Å². The Labute approximate surface area is 121 Å². The summed E-state index contributed by atoms with van der Waals surface area (Å²) < 4.78 is 5.29. The van der Waals surface area contributed by atoms with Crippen LogP contribution in [0.2, 0.25) is 0 Å². The Morgan fingerprint density at radius 1 is 1.25 bits per heavy atom. The van der Waals surface area contributed by atoms with Crippen molar-refractivity contribution in [2.75, 3.05) is 38.2 Å². The van der Waals surface area contributed by atoms with Gasteiger partial charge in [-0.2, -0.15) is 0 Å². The fourth-order valence-electron chi connectivity index (χ4n) is 2.26. The van der Waals surface area contributed by atoms with E-state index in [4.69, 9.17) is 4.74 Å². The van der Waals surface area contributed by atoms with Crippen molar-refractivity contribution in [3.05, 3.63) is 29.8 Å². The molecule has 4 nitrogen and oxygen atoms in total. The maximum atomic E-state index is 11.9. The number of hydrogen-bond donors (Lipinski definition) is 1. The van der Waals surface area contributed by atoms with Gasteiger partial charge >= 0.3 is 0 Å². The first kappa shape index (κ1) is 15.0. The van der Waals surface area contributed by atoms with Gasteiger partial charge < -0.3 is 10.1 Å². The zero-order valence-electron chi connectivity index (χ0n) is 12.4. The summed E-state index contributed by atoms with van der Waals surface area (Å²) in [6.45, 7) is 8.54. The monoisotopic (exact) mass is 276 g/mol. The number of morpholine rings is 1. The first-order valence-corrected chi connectivity index (χ1v) is 7.35. The van der Waals surface area contributed by atoms with Crippen molar-refractivity contribution < 1.29 is 9.53 Å². The van der Waals surface area contributed by atoms with E-state index in [0.29, 0.717) is 12.3 Å². The molecule has 0 aromatic heterocycles. The molecule has 0 bridgehead atoms. The molecule has 0 saturated carbocycles. The van der Waals surface area contributed by atoms with Crippen LogP contribution in [0.5, 0.6) is 0 Å². The highest BCUT2D eigenvalue weighted by Gasteiger charge is 2.12. The van der Waals surface area contributed by atoms with Gasteiger partial charge in [-0.05, 0) is 23.6 Å². The molecule has 1 heterocycles. The molecule has 1 aromatic rings. The molecule has 0 atom stereocenters. The number of benzene rings is 1. The number of nitrogens with zero attached hydrogens (tertiary/aromatic N) is 1. The minimum atomic E-state index is 0.0776. The van der Waals surface area contributed by atoms with Crippen molar-refractivity contribution in [1.82, 2.24) is 4.90 Å². The Bertz CT molecular complexity index is 423. The minimum absolute atomic E-state index is 0.0776. The summed E-state index contributed by atoms with van der Waals surface area (Å²) in [5, 5.41) is 2.95. The van der Waals surface area contributed by atoms with Crippen LogP contribution in [0.4, 0.5) is 5.69 Å². The number of carbonyl (C=O) groups is 1. The third kappa shape index (κ3) is 4.62. The Morgan fingerprint density at radius 3 is 2.50 bits per heavy atom. The average Bonchev–Trinajstić information content (AvgIpc) is 2.47. The molecule has 0 unspecified atom stereocenters. The third-order valence-electron chi connectivity index (χ3n) is 3.62. The summed E-state index contributed by atoms with van der Waals surface area (Å²) in [5.74, 6) is 0.592.